The maximum atomic E-state index is 12.1. The van der Waals surface area contributed by atoms with Gasteiger partial charge >= 0.3 is 0 Å². The van der Waals surface area contributed by atoms with Crippen LogP contribution in [0.15, 0.2) is 29.2 Å². The Hall–Kier alpha value is -1.64. The molecule has 1 saturated heterocycles. The lowest BCUT2D eigenvalue weighted by atomic mass is 9.79. The van der Waals surface area contributed by atoms with Gasteiger partial charge in [0, 0.05) is 36.1 Å². The first-order chi connectivity index (χ1) is 11.5. The highest BCUT2D eigenvalue weighted by molar-refractivity contribution is 8.00. The summed E-state index contributed by atoms with van der Waals surface area (Å²) in [5, 5.41) is 16.9. The second-order valence-electron chi connectivity index (χ2n) is 6.00. The number of carbonyl (C=O) groups excluding carboxylic acids is 1. The number of hydrogen-bond donors (Lipinski definition) is 2. The van der Waals surface area contributed by atoms with Gasteiger partial charge in [-0.2, -0.15) is 0 Å². The van der Waals surface area contributed by atoms with Crippen molar-refractivity contribution in [2.75, 3.05) is 39.1 Å². The molecule has 0 spiro atoms. The Morgan fingerprint density at radius 1 is 1.38 bits per heavy atom. The molecule has 0 saturated carbocycles. The molecule has 7 nitrogen and oxygen atoms in total. The largest absolute Gasteiger partial charge is 0.384 e. The van der Waals surface area contributed by atoms with Crippen LogP contribution in [0.1, 0.15) is 12.8 Å². The number of amides is 1. The molecule has 0 radical (unpaired) electrons. The van der Waals surface area contributed by atoms with Crippen molar-refractivity contribution in [2.45, 2.75) is 17.7 Å². The zero-order chi connectivity index (χ0) is 17.4. The Morgan fingerprint density at radius 2 is 2.04 bits per heavy atom. The summed E-state index contributed by atoms with van der Waals surface area (Å²) in [6, 6.07) is 6.22. The van der Waals surface area contributed by atoms with Crippen LogP contribution in [-0.4, -0.2) is 49.9 Å². The number of piperidine rings is 1. The molecule has 1 fully saturated rings. The second-order valence-corrected chi connectivity index (χ2v) is 7.05. The highest BCUT2D eigenvalue weighted by atomic mass is 32.2. The van der Waals surface area contributed by atoms with Gasteiger partial charge in [0.15, 0.2) is 0 Å². The van der Waals surface area contributed by atoms with Gasteiger partial charge in [0.25, 0.3) is 5.69 Å². The van der Waals surface area contributed by atoms with Crippen LogP contribution in [0.2, 0.25) is 0 Å². The van der Waals surface area contributed by atoms with Gasteiger partial charge < -0.3 is 15.4 Å². The number of rotatable bonds is 8. The van der Waals surface area contributed by atoms with E-state index in [9.17, 15) is 14.9 Å². The molecule has 1 aliphatic heterocycles. The van der Waals surface area contributed by atoms with Crippen molar-refractivity contribution in [3.8, 4) is 0 Å². The molecule has 0 unspecified atom stereocenters. The molecule has 0 aromatic heterocycles. The maximum Gasteiger partial charge on any atom is 0.269 e. The summed E-state index contributed by atoms with van der Waals surface area (Å²) in [6.07, 6.45) is 1.97. The van der Waals surface area contributed by atoms with Crippen LogP contribution in [0.4, 0.5) is 5.69 Å². The SMILES string of the molecule is COCC1(CNC(=O)CSc2ccc([N+](=O)[O-])cc2)CCNCC1. The van der Waals surface area contributed by atoms with Gasteiger partial charge in [-0.15, -0.1) is 11.8 Å². The van der Waals surface area contributed by atoms with Gasteiger partial charge in [0.1, 0.15) is 0 Å². The Kier molecular flexibility index (Phi) is 7.01. The molecule has 1 aromatic rings. The van der Waals surface area contributed by atoms with Gasteiger partial charge in [0.2, 0.25) is 5.91 Å². The molecule has 0 atom stereocenters. The second kappa shape index (κ2) is 9.00. The Morgan fingerprint density at radius 3 is 2.62 bits per heavy atom. The van der Waals surface area contributed by atoms with Crippen molar-refractivity contribution in [1.82, 2.24) is 10.6 Å². The van der Waals surface area contributed by atoms with Crippen LogP contribution >= 0.6 is 11.8 Å². The van der Waals surface area contributed by atoms with Crippen LogP contribution in [0.5, 0.6) is 0 Å². The third kappa shape index (κ3) is 5.47. The normalized spacial score (nSPS) is 16.5. The van der Waals surface area contributed by atoms with E-state index < -0.39 is 4.92 Å². The van der Waals surface area contributed by atoms with Gasteiger partial charge in [-0.05, 0) is 38.1 Å². The molecule has 1 heterocycles. The van der Waals surface area contributed by atoms with E-state index in [1.165, 1.54) is 23.9 Å². The first-order valence-electron chi connectivity index (χ1n) is 7.88. The molecular formula is C16H23N3O4S. The number of hydrogen-bond acceptors (Lipinski definition) is 6. The van der Waals surface area contributed by atoms with Crippen molar-refractivity contribution in [3.05, 3.63) is 34.4 Å². The van der Waals surface area contributed by atoms with Crippen molar-refractivity contribution in [2.24, 2.45) is 5.41 Å². The average molecular weight is 353 g/mol. The molecule has 1 aromatic carbocycles. The van der Waals surface area contributed by atoms with E-state index in [1.54, 1.807) is 19.2 Å². The minimum atomic E-state index is -0.435. The predicted octanol–water partition coefficient (Wildman–Crippen LogP) is 1.82. The highest BCUT2D eigenvalue weighted by Crippen LogP contribution is 2.28. The number of nitro benzene ring substituents is 1. The molecule has 132 valence electrons. The Bertz CT molecular complexity index is 553. The van der Waals surface area contributed by atoms with Crippen LogP contribution in [-0.2, 0) is 9.53 Å². The molecular weight excluding hydrogens is 330 g/mol. The third-order valence-electron chi connectivity index (χ3n) is 4.19. The average Bonchev–Trinajstić information content (AvgIpc) is 2.60. The van der Waals surface area contributed by atoms with Crippen molar-refractivity contribution in [1.29, 1.82) is 0 Å². The predicted molar refractivity (Wildman–Crippen MR) is 93.2 cm³/mol. The molecule has 0 bridgehead atoms. The lowest BCUT2D eigenvalue weighted by molar-refractivity contribution is -0.384. The van der Waals surface area contributed by atoms with Crippen molar-refractivity contribution >= 4 is 23.4 Å². The van der Waals surface area contributed by atoms with Crippen LogP contribution in [0.3, 0.4) is 0 Å². The standard InChI is InChI=1S/C16H23N3O4S/c1-23-12-16(6-8-17-9-7-16)11-18-15(20)10-24-14-4-2-13(3-5-14)19(21)22/h2-5,17H,6-12H2,1H3,(H,18,20). The number of nitrogens with zero attached hydrogens (tertiary/aromatic N) is 1. The molecule has 24 heavy (non-hydrogen) atoms. The molecule has 2 rings (SSSR count). The van der Waals surface area contributed by atoms with E-state index in [1.807, 2.05) is 0 Å². The van der Waals surface area contributed by atoms with Gasteiger partial charge in [-0.25, -0.2) is 0 Å². The van der Waals surface area contributed by atoms with Crippen LogP contribution in [0, 0.1) is 15.5 Å². The summed E-state index contributed by atoms with van der Waals surface area (Å²) in [6.45, 7) is 3.14. The zero-order valence-electron chi connectivity index (χ0n) is 13.7. The minimum Gasteiger partial charge on any atom is -0.384 e. The van der Waals surface area contributed by atoms with Crippen LogP contribution < -0.4 is 10.6 Å². The number of thioether (sulfide) groups is 1. The van der Waals surface area contributed by atoms with Crippen LogP contribution in [0.25, 0.3) is 0 Å². The van der Waals surface area contributed by atoms with E-state index in [0.29, 0.717) is 18.9 Å². The first kappa shape index (κ1) is 18.7. The number of carbonyl (C=O) groups is 1. The molecule has 8 heteroatoms. The fourth-order valence-electron chi connectivity index (χ4n) is 2.79. The number of benzene rings is 1. The Balaban J connectivity index is 1.78. The van der Waals surface area contributed by atoms with E-state index in [-0.39, 0.29) is 17.0 Å². The summed E-state index contributed by atoms with van der Waals surface area (Å²) < 4.78 is 5.34. The Labute approximate surface area is 145 Å². The lowest BCUT2D eigenvalue weighted by Gasteiger charge is -2.37. The monoisotopic (exact) mass is 353 g/mol. The zero-order valence-corrected chi connectivity index (χ0v) is 14.6. The number of ether oxygens (including phenoxy) is 1. The fraction of sp³-hybridized carbons (Fsp3) is 0.562. The number of nitrogens with one attached hydrogen (secondary N) is 2. The van der Waals surface area contributed by atoms with E-state index in [2.05, 4.69) is 10.6 Å². The molecule has 1 aliphatic rings. The topological polar surface area (TPSA) is 93.5 Å². The third-order valence-corrected chi connectivity index (χ3v) is 5.20. The quantitative estimate of drug-likeness (QED) is 0.421. The van der Waals surface area contributed by atoms with Crippen molar-refractivity contribution < 1.29 is 14.5 Å². The number of non-ortho nitro benzene ring substituents is 1. The summed E-state index contributed by atoms with van der Waals surface area (Å²) in [7, 11) is 1.69. The summed E-state index contributed by atoms with van der Waals surface area (Å²) in [4.78, 5) is 23.1. The minimum absolute atomic E-state index is 0.00762. The number of nitro groups is 1. The summed E-state index contributed by atoms with van der Waals surface area (Å²) in [5.41, 5.74) is 0.0597. The van der Waals surface area contributed by atoms with Gasteiger partial charge in [0.05, 0.1) is 17.3 Å². The summed E-state index contributed by atoms with van der Waals surface area (Å²) >= 11 is 1.37. The van der Waals surface area contributed by atoms with Gasteiger partial charge in [-0.3, -0.25) is 14.9 Å². The van der Waals surface area contributed by atoms with Gasteiger partial charge in [-0.1, -0.05) is 0 Å². The smallest absolute Gasteiger partial charge is 0.269 e. The van der Waals surface area contributed by atoms with E-state index >= 15 is 0 Å². The molecule has 0 aliphatic carbocycles. The number of methoxy groups -OCH3 is 1. The highest BCUT2D eigenvalue weighted by Gasteiger charge is 2.32. The maximum absolute atomic E-state index is 12.1. The molecule has 1 amide bonds. The molecule has 2 N–H and O–H groups in total. The fourth-order valence-corrected chi connectivity index (χ4v) is 3.51. The summed E-state index contributed by atoms with van der Waals surface area (Å²) in [5.74, 6) is 0.256. The van der Waals surface area contributed by atoms with E-state index in [0.717, 1.165) is 30.8 Å². The van der Waals surface area contributed by atoms with Crippen molar-refractivity contribution in [3.63, 3.8) is 0 Å². The van der Waals surface area contributed by atoms with E-state index in [4.69, 9.17) is 4.74 Å². The lowest BCUT2D eigenvalue weighted by Crippen LogP contribution is -2.47. The first-order valence-corrected chi connectivity index (χ1v) is 8.87.